The molecular weight excluding hydrogens is 224 g/mol. The van der Waals surface area contributed by atoms with Crippen LogP contribution in [-0.2, 0) is 6.54 Å². The molecule has 1 aromatic carbocycles. The number of aromatic nitrogens is 1. The minimum absolute atomic E-state index is 0.486. The van der Waals surface area contributed by atoms with Crippen LogP contribution >= 0.6 is 0 Å². The highest BCUT2D eigenvalue weighted by Crippen LogP contribution is 2.29. The first-order chi connectivity index (χ1) is 8.78. The van der Waals surface area contributed by atoms with Crippen molar-refractivity contribution in [2.45, 2.75) is 13.5 Å². The quantitative estimate of drug-likeness (QED) is 0.745. The SMILES string of the molecule is Cc1cccc2cc(-c3cncc(CN)c3)oc12. The van der Waals surface area contributed by atoms with Crippen molar-refractivity contribution < 1.29 is 4.42 Å². The summed E-state index contributed by atoms with van der Waals surface area (Å²) in [5, 5.41) is 1.11. The van der Waals surface area contributed by atoms with Crippen LogP contribution in [0, 0.1) is 6.92 Å². The van der Waals surface area contributed by atoms with Crippen molar-refractivity contribution in [1.29, 1.82) is 0 Å². The maximum absolute atomic E-state index is 5.90. The predicted molar refractivity (Wildman–Crippen MR) is 72.1 cm³/mol. The second-order valence-electron chi connectivity index (χ2n) is 4.39. The van der Waals surface area contributed by atoms with Gasteiger partial charge in [-0.2, -0.15) is 0 Å². The molecule has 0 saturated heterocycles. The van der Waals surface area contributed by atoms with Crippen LogP contribution < -0.4 is 5.73 Å². The second kappa shape index (κ2) is 4.27. The Bertz CT molecular complexity index is 701. The van der Waals surface area contributed by atoms with E-state index in [0.29, 0.717) is 6.54 Å². The summed E-state index contributed by atoms with van der Waals surface area (Å²) in [6.07, 6.45) is 3.57. The number of fused-ring (bicyclic) bond motifs is 1. The minimum Gasteiger partial charge on any atom is -0.456 e. The van der Waals surface area contributed by atoms with E-state index in [4.69, 9.17) is 10.2 Å². The molecule has 0 unspecified atom stereocenters. The van der Waals surface area contributed by atoms with Crippen LogP contribution in [0.2, 0.25) is 0 Å². The number of nitrogens with zero attached hydrogens (tertiary/aromatic N) is 1. The molecule has 3 heteroatoms. The molecule has 90 valence electrons. The minimum atomic E-state index is 0.486. The highest BCUT2D eigenvalue weighted by atomic mass is 16.3. The molecule has 0 spiro atoms. The van der Waals surface area contributed by atoms with Gasteiger partial charge in [-0.05, 0) is 30.2 Å². The van der Waals surface area contributed by atoms with Gasteiger partial charge >= 0.3 is 0 Å². The monoisotopic (exact) mass is 238 g/mol. The lowest BCUT2D eigenvalue weighted by Gasteiger charge is -1.99. The molecule has 2 aromatic heterocycles. The first-order valence-electron chi connectivity index (χ1n) is 5.91. The van der Waals surface area contributed by atoms with Crippen LogP contribution in [0.25, 0.3) is 22.3 Å². The average molecular weight is 238 g/mol. The van der Waals surface area contributed by atoms with E-state index >= 15 is 0 Å². The highest BCUT2D eigenvalue weighted by Gasteiger charge is 2.08. The predicted octanol–water partition coefficient (Wildman–Crippen LogP) is 3.26. The van der Waals surface area contributed by atoms with E-state index in [-0.39, 0.29) is 0 Å². The lowest BCUT2D eigenvalue weighted by Crippen LogP contribution is -1.96. The Balaban J connectivity index is 2.16. The normalized spacial score (nSPS) is 11.0. The van der Waals surface area contributed by atoms with Gasteiger partial charge in [0.1, 0.15) is 11.3 Å². The lowest BCUT2D eigenvalue weighted by molar-refractivity contribution is 0.628. The molecule has 0 saturated carbocycles. The maximum Gasteiger partial charge on any atom is 0.137 e. The summed E-state index contributed by atoms with van der Waals surface area (Å²) >= 11 is 0. The van der Waals surface area contributed by atoms with Crippen molar-refractivity contribution in [2.24, 2.45) is 5.73 Å². The van der Waals surface area contributed by atoms with Crippen LogP contribution in [0.5, 0.6) is 0 Å². The van der Waals surface area contributed by atoms with E-state index in [1.165, 1.54) is 0 Å². The van der Waals surface area contributed by atoms with E-state index in [1.54, 1.807) is 12.4 Å². The number of para-hydroxylation sites is 1. The highest BCUT2D eigenvalue weighted by molar-refractivity contribution is 5.85. The topological polar surface area (TPSA) is 52.0 Å². The summed E-state index contributed by atoms with van der Waals surface area (Å²) in [5.74, 6) is 0.835. The zero-order valence-corrected chi connectivity index (χ0v) is 10.2. The van der Waals surface area contributed by atoms with Gasteiger partial charge in [0.05, 0.1) is 0 Å². The lowest BCUT2D eigenvalue weighted by atomic mass is 10.1. The third kappa shape index (κ3) is 1.79. The molecule has 2 heterocycles. The summed E-state index contributed by atoms with van der Waals surface area (Å²) in [4.78, 5) is 4.18. The Morgan fingerprint density at radius 2 is 2.11 bits per heavy atom. The molecule has 0 aliphatic heterocycles. The number of benzene rings is 1. The first-order valence-corrected chi connectivity index (χ1v) is 5.91. The van der Waals surface area contributed by atoms with E-state index in [1.807, 2.05) is 31.2 Å². The van der Waals surface area contributed by atoms with Crippen LogP contribution in [0.1, 0.15) is 11.1 Å². The molecule has 3 aromatic rings. The summed E-state index contributed by atoms with van der Waals surface area (Å²) in [5.41, 5.74) is 9.67. The molecule has 0 bridgehead atoms. The Labute approximate surface area is 105 Å². The number of pyridine rings is 1. The molecule has 18 heavy (non-hydrogen) atoms. The number of hydrogen-bond donors (Lipinski definition) is 1. The van der Waals surface area contributed by atoms with Crippen LogP contribution in [-0.4, -0.2) is 4.98 Å². The zero-order chi connectivity index (χ0) is 12.5. The largest absolute Gasteiger partial charge is 0.456 e. The van der Waals surface area contributed by atoms with Gasteiger partial charge in [-0.15, -0.1) is 0 Å². The van der Waals surface area contributed by atoms with Crippen molar-refractivity contribution >= 4 is 11.0 Å². The summed E-state index contributed by atoms with van der Waals surface area (Å²) in [6, 6.07) is 10.2. The summed E-state index contributed by atoms with van der Waals surface area (Å²) < 4.78 is 5.90. The van der Waals surface area contributed by atoms with Crippen molar-refractivity contribution in [3.8, 4) is 11.3 Å². The maximum atomic E-state index is 5.90. The molecule has 0 aliphatic rings. The van der Waals surface area contributed by atoms with Crippen LogP contribution in [0.3, 0.4) is 0 Å². The molecule has 0 aliphatic carbocycles. The van der Waals surface area contributed by atoms with Gasteiger partial charge in [0.25, 0.3) is 0 Å². The fourth-order valence-electron chi connectivity index (χ4n) is 2.09. The zero-order valence-electron chi connectivity index (χ0n) is 10.2. The third-order valence-electron chi connectivity index (χ3n) is 3.06. The van der Waals surface area contributed by atoms with Gasteiger partial charge in [-0.3, -0.25) is 4.98 Å². The third-order valence-corrected chi connectivity index (χ3v) is 3.06. The number of furan rings is 1. The molecule has 0 fully saturated rings. The van der Waals surface area contributed by atoms with Gasteiger partial charge in [-0.1, -0.05) is 18.2 Å². The molecular formula is C15H14N2O. The fraction of sp³-hybridized carbons (Fsp3) is 0.133. The average Bonchev–Trinajstić information content (AvgIpc) is 2.84. The number of nitrogens with two attached hydrogens (primary N) is 1. The van der Waals surface area contributed by atoms with E-state index < -0.39 is 0 Å². The first kappa shape index (κ1) is 11.0. The Morgan fingerprint density at radius 3 is 2.89 bits per heavy atom. The van der Waals surface area contributed by atoms with Crippen molar-refractivity contribution in [1.82, 2.24) is 4.98 Å². The van der Waals surface area contributed by atoms with Gasteiger partial charge in [0.15, 0.2) is 0 Å². The fourth-order valence-corrected chi connectivity index (χ4v) is 2.09. The summed E-state index contributed by atoms with van der Waals surface area (Å²) in [6.45, 7) is 2.53. The Hall–Kier alpha value is -2.13. The molecule has 0 amide bonds. The van der Waals surface area contributed by atoms with Gasteiger partial charge < -0.3 is 10.2 Å². The standard InChI is InChI=1S/C15H14N2O/c1-10-3-2-4-12-6-14(18-15(10)12)13-5-11(7-16)8-17-9-13/h2-6,8-9H,7,16H2,1H3. The summed E-state index contributed by atoms with van der Waals surface area (Å²) in [7, 11) is 0. The van der Waals surface area contributed by atoms with Gasteiger partial charge in [0.2, 0.25) is 0 Å². The second-order valence-corrected chi connectivity index (χ2v) is 4.39. The van der Waals surface area contributed by atoms with E-state index in [9.17, 15) is 0 Å². The van der Waals surface area contributed by atoms with Gasteiger partial charge in [-0.25, -0.2) is 0 Å². The Morgan fingerprint density at radius 1 is 1.22 bits per heavy atom. The molecule has 0 radical (unpaired) electrons. The van der Waals surface area contributed by atoms with Crippen LogP contribution in [0.15, 0.2) is 47.1 Å². The number of rotatable bonds is 2. The van der Waals surface area contributed by atoms with Gasteiger partial charge in [0, 0.05) is 29.9 Å². The Kier molecular flexibility index (Phi) is 2.61. The van der Waals surface area contributed by atoms with Crippen molar-refractivity contribution in [2.75, 3.05) is 0 Å². The number of hydrogen-bond acceptors (Lipinski definition) is 3. The molecule has 3 rings (SSSR count). The van der Waals surface area contributed by atoms with Crippen molar-refractivity contribution in [3.63, 3.8) is 0 Å². The number of aryl methyl sites for hydroxylation is 1. The smallest absolute Gasteiger partial charge is 0.137 e. The molecule has 3 nitrogen and oxygen atoms in total. The van der Waals surface area contributed by atoms with E-state index in [2.05, 4.69) is 11.1 Å². The van der Waals surface area contributed by atoms with E-state index in [0.717, 1.165) is 33.4 Å². The van der Waals surface area contributed by atoms with Crippen molar-refractivity contribution in [3.05, 3.63) is 53.9 Å². The van der Waals surface area contributed by atoms with Crippen LogP contribution in [0.4, 0.5) is 0 Å². The molecule has 2 N–H and O–H groups in total. The molecule has 0 atom stereocenters.